The summed E-state index contributed by atoms with van der Waals surface area (Å²) in [6.07, 6.45) is 0. The number of hydrogen-bond donors (Lipinski definition) is 3. The number of para-hydroxylation sites is 1. The Balaban J connectivity index is 2.46. The van der Waals surface area contributed by atoms with Crippen LogP contribution in [0.4, 0.5) is 17.1 Å². The Hall–Kier alpha value is -2.01. The van der Waals surface area contributed by atoms with E-state index in [4.69, 9.17) is 10.8 Å². The molecule has 2 rings (SSSR count). The highest BCUT2D eigenvalue weighted by Gasteiger charge is 2.12. The highest BCUT2D eigenvalue weighted by atomic mass is 79.9. The van der Waals surface area contributed by atoms with Crippen LogP contribution in [0.5, 0.6) is 0 Å². The molecule has 0 fully saturated rings. The van der Waals surface area contributed by atoms with Crippen LogP contribution < -0.4 is 11.1 Å². The molecular weight excluding hydrogens is 320 g/mol. The van der Waals surface area contributed by atoms with Crippen molar-refractivity contribution in [2.24, 2.45) is 0 Å². The molecule has 0 saturated heterocycles. The number of nitrogens with two attached hydrogens (primary N) is 1. The third kappa shape index (κ3) is 2.77. The van der Waals surface area contributed by atoms with Crippen LogP contribution in [0.25, 0.3) is 0 Å². The summed E-state index contributed by atoms with van der Waals surface area (Å²) in [5.74, 6) is -1.03. The van der Waals surface area contributed by atoms with Gasteiger partial charge >= 0.3 is 5.97 Å². The molecule has 2 aromatic carbocycles. The summed E-state index contributed by atoms with van der Waals surface area (Å²) in [7, 11) is 0. The molecule has 0 saturated carbocycles. The highest BCUT2D eigenvalue weighted by molar-refractivity contribution is 9.10. The number of benzene rings is 2. The Bertz CT molecular complexity index is 661. The maximum Gasteiger partial charge on any atom is 0.337 e. The fraction of sp³-hybridized carbons (Fsp3) is 0.133. The van der Waals surface area contributed by atoms with Gasteiger partial charge in [-0.15, -0.1) is 0 Å². The van der Waals surface area contributed by atoms with E-state index < -0.39 is 5.97 Å². The Morgan fingerprint density at radius 3 is 2.40 bits per heavy atom. The standard InChI is InChI=1S/C15H15BrN2O2/c1-8-6-10(16)7-9(2)14(8)18-12-5-3-4-11(13(12)17)15(19)20/h3-7,18H,17H2,1-2H3,(H,19,20). The minimum absolute atomic E-state index is 0.0995. The summed E-state index contributed by atoms with van der Waals surface area (Å²) in [4.78, 5) is 11.1. The Morgan fingerprint density at radius 1 is 1.25 bits per heavy atom. The van der Waals surface area contributed by atoms with Gasteiger partial charge in [0.2, 0.25) is 0 Å². The molecule has 0 aliphatic carbocycles. The van der Waals surface area contributed by atoms with E-state index in [9.17, 15) is 4.79 Å². The predicted octanol–water partition coefficient (Wildman–Crippen LogP) is 4.09. The van der Waals surface area contributed by atoms with Crippen molar-refractivity contribution in [3.63, 3.8) is 0 Å². The van der Waals surface area contributed by atoms with Crippen molar-refractivity contribution in [3.05, 3.63) is 51.5 Å². The largest absolute Gasteiger partial charge is 0.478 e. The monoisotopic (exact) mass is 334 g/mol. The van der Waals surface area contributed by atoms with E-state index in [1.54, 1.807) is 12.1 Å². The van der Waals surface area contributed by atoms with Gasteiger partial charge in [0.1, 0.15) is 0 Å². The third-order valence-corrected chi connectivity index (χ3v) is 3.55. The van der Waals surface area contributed by atoms with Crippen LogP contribution in [0.2, 0.25) is 0 Å². The van der Waals surface area contributed by atoms with Crippen LogP contribution >= 0.6 is 15.9 Å². The summed E-state index contributed by atoms with van der Waals surface area (Å²) in [6.45, 7) is 3.97. The molecule has 0 bridgehead atoms. The van der Waals surface area contributed by atoms with Gasteiger partial charge in [0.15, 0.2) is 0 Å². The highest BCUT2D eigenvalue weighted by Crippen LogP contribution is 2.31. The van der Waals surface area contributed by atoms with Gasteiger partial charge in [-0.25, -0.2) is 4.79 Å². The molecule has 4 N–H and O–H groups in total. The zero-order valence-corrected chi connectivity index (χ0v) is 12.8. The number of aryl methyl sites for hydroxylation is 2. The fourth-order valence-electron chi connectivity index (χ4n) is 2.10. The van der Waals surface area contributed by atoms with Gasteiger partial charge in [-0.05, 0) is 49.2 Å². The normalized spacial score (nSPS) is 10.3. The number of nitrogens with one attached hydrogen (secondary N) is 1. The van der Waals surface area contributed by atoms with E-state index in [-0.39, 0.29) is 11.3 Å². The molecule has 0 atom stereocenters. The van der Waals surface area contributed by atoms with E-state index in [2.05, 4.69) is 21.2 Å². The number of hydrogen-bond acceptors (Lipinski definition) is 3. The molecule has 20 heavy (non-hydrogen) atoms. The van der Waals surface area contributed by atoms with Crippen molar-refractivity contribution in [2.75, 3.05) is 11.1 Å². The molecule has 2 aromatic rings. The average molecular weight is 335 g/mol. The van der Waals surface area contributed by atoms with Crippen molar-refractivity contribution < 1.29 is 9.90 Å². The van der Waals surface area contributed by atoms with Crippen molar-refractivity contribution >= 4 is 39.0 Å². The van der Waals surface area contributed by atoms with Crippen LogP contribution in [-0.2, 0) is 0 Å². The first-order chi connectivity index (χ1) is 9.40. The number of anilines is 3. The second-order valence-corrected chi connectivity index (χ2v) is 5.53. The first-order valence-electron chi connectivity index (χ1n) is 6.05. The number of rotatable bonds is 3. The van der Waals surface area contributed by atoms with Gasteiger partial charge in [-0.2, -0.15) is 0 Å². The Kier molecular flexibility index (Phi) is 3.99. The van der Waals surface area contributed by atoms with Gasteiger partial charge in [-0.3, -0.25) is 0 Å². The molecule has 0 unspecified atom stereocenters. The number of nitrogen functional groups attached to an aromatic ring is 1. The van der Waals surface area contributed by atoms with Crippen molar-refractivity contribution in [1.82, 2.24) is 0 Å². The van der Waals surface area contributed by atoms with Crippen LogP contribution in [0.15, 0.2) is 34.8 Å². The van der Waals surface area contributed by atoms with Gasteiger partial charge in [0.05, 0.1) is 16.9 Å². The molecule has 5 heteroatoms. The second kappa shape index (κ2) is 5.54. The van der Waals surface area contributed by atoms with E-state index in [1.165, 1.54) is 6.07 Å². The minimum atomic E-state index is -1.03. The molecule has 0 aliphatic rings. The van der Waals surface area contributed by atoms with Crippen LogP contribution in [0.3, 0.4) is 0 Å². The summed E-state index contributed by atoms with van der Waals surface area (Å²) in [6, 6.07) is 8.91. The van der Waals surface area contributed by atoms with E-state index >= 15 is 0 Å². The number of halogens is 1. The minimum Gasteiger partial charge on any atom is -0.478 e. The number of aromatic carboxylic acids is 1. The first-order valence-corrected chi connectivity index (χ1v) is 6.85. The van der Waals surface area contributed by atoms with Crippen molar-refractivity contribution in [1.29, 1.82) is 0 Å². The number of carboxylic acid groups (broad SMARTS) is 1. The quantitative estimate of drug-likeness (QED) is 0.739. The summed E-state index contributed by atoms with van der Waals surface area (Å²) in [5.41, 5.74) is 9.88. The smallest absolute Gasteiger partial charge is 0.337 e. The lowest BCUT2D eigenvalue weighted by Crippen LogP contribution is -2.06. The van der Waals surface area contributed by atoms with Crippen LogP contribution in [0, 0.1) is 13.8 Å². The van der Waals surface area contributed by atoms with Crippen LogP contribution in [-0.4, -0.2) is 11.1 Å². The third-order valence-electron chi connectivity index (χ3n) is 3.09. The van der Waals surface area contributed by atoms with Crippen molar-refractivity contribution in [2.45, 2.75) is 13.8 Å². The van der Waals surface area contributed by atoms with Gasteiger partial charge in [0, 0.05) is 10.2 Å². The molecule has 4 nitrogen and oxygen atoms in total. The van der Waals surface area contributed by atoms with Gasteiger partial charge in [0.25, 0.3) is 0 Å². The molecule has 0 radical (unpaired) electrons. The summed E-state index contributed by atoms with van der Waals surface area (Å²) >= 11 is 3.45. The molecule has 0 aromatic heterocycles. The molecule has 0 spiro atoms. The van der Waals surface area contributed by atoms with E-state index in [1.807, 2.05) is 26.0 Å². The maximum absolute atomic E-state index is 11.1. The predicted molar refractivity (Wildman–Crippen MR) is 84.7 cm³/mol. The Morgan fingerprint density at radius 2 is 1.85 bits per heavy atom. The van der Waals surface area contributed by atoms with Gasteiger partial charge < -0.3 is 16.2 Å². The van der Waals surface area contributed by atoms with E-state index in [0.717, 1.165) is 21.3 Å². The zero-order chi connectivity index (χ0) is 14.9. The van der Waals surface area contributed by atoms with E-state index in [0.29, 0.717) is 5.69 Å². The molecule has 0 amide bonds. The lowest BCUT2D eigenvalue weighted by atomic mass is 10.1. The summed E-state index contributed by atoms with van der Waals surface area (Å²) < 4.78 is 1.00. The van der Waals surface area contributed by atoms with Crippen LogP contribution in [0.1, 0.15) is 21.5 Å². The number of carbonyl (C=O) groups is 1. The molecule has 104 valence electrons. The lowest BCUT2D eigenvalue weighted by Gasteiger charge is -2.16. The average Bonchev–Trinajstić information content (AvgIpc) is 2.35. The zero-order valence-electron chi connectivity index (χ0n) is 11.2. The number of carboxylic acids is 1. The van der Waals surface area contributed by atoms with Crippen molar-refractivity contribution in [3.8, 4) is 0 Å². The molecular formula is C15H15BrN2O2. The lowest BCUT2D eigenvalue weighted by molar-refractivity contribution is 0.0698. The van der Waals surface area contributed by atoms with Gasteiger partial charge in [-0.1, -0.05) is 22.0 Å². The molecule has 0 heterocycles. The molecule has 0 aliphatic heterocycles. The second-order valence-electron chi connectivity index (χ2n) is 4.61. The topological polar surface area (TPSA) is 75.3 Å². The fourth-order valence-corrected chi connectivity index (χ4v) is 2.79. The summed E-state index contributed by atoms with van der Waals surface area (Å²) in [5, 5.41) is 12.3. The maximum atomic E-state index is 11.1. The SMILES string of the molecule is Cc1cc(Br)cc(C)c1Nc1cccc(C(=O)O)c1N. The Labute approximate surface area is 125 Å². The first kappa shape index (κ1) is 14.4.